The van der Waals surface area contributed by atoms with Crippen molar-refractivity contribution in [3.8, 4) is 0 Å². The van der Waals surface area contributed by atoms with Crippen LogP contribution in [0.15, 0.2) is 12.4 Å². The molecule has 2 rings (SSSR count). The SMILES string of the molecule is CCCSN1CCNC[C@@H]1CCc1c(F)cncc1NC. The highest BCUT2D eigenvalue weighted by Crippen LogP contribution is 2.24. The number of hydrogen-bond acceptors (Lipinski definition) is 5. The Labute approximate surface area is 131 Å². The van der Waals surface area contributed by atoms with Gasteiger partial charge in [-0.1, -0.05) is 18.9 Å². The summed E-state index contributed by atoms with van der Waals surface area (Å²) < 4.78 is 16.4. The van der Waals surface area contributed by atoms with Crippen LogP contribution in [0.3, 0.4) is 0 Å². The van der Waals surface area contributed by atoms with Crippen LogP contribution in [-0.4, -0.2) is 47.8 Å². The number of nitrogens with one attached hydrogen (secondary N) is 2. The number of aromatic nitrogens is 1. The summed E-state index contributed by atoms with van der Waals surface area (Å²) in [5, 5.41) is 6.48. The predicted molar refractivity (Wildman–Crippen MR) is 88.2 cm³/mol. The molecule has 0 aromatic carbocycles. The first kappa shape index (κ1) is 16.5. The Kier molecular flexibility index (Phi) is 6.73. The molecule has 1 atom stereocenters. The second-order valence-corrected chi connectivity index (χ2v) is 6.40. The topological polar surface area (TPSA) is 40.2 Å². The molecule has 21 heavy (non-hydrogen) atoms. The van der Waals surface area contributed by atoms with E-state index in [2.05, 4.69) is 26.8 Å². The predicted octanol–water partition coefficient (Wildman–Crippen LogP) is 2.53. The van der Waals surface area contributed by atoms with E-state index in [0.717, 1.165) is 49.5 Å². The molecular formula is C15H25FN4S. The van der Waals surface area contributed by atoms with Crippen molar-refractivity contribution in [2.45, 2.75) is 32.2 Å². The van der Waals surface area contributed by atoms with Gasteiger partial charge in [-0.3, -0.25) is 4.98 Å². The molecule has 1 aliphatic rings. The second kappa shape index (κ2) is 8.56. The fraction of sp³-hybridized carbons (Fsp3) is 0.667. The van der Waals surface area contributed by atoms with Crippen molar-refractivity contribution in [2.75, 3.05) is 37.8 Å². The zero-order valence-electron chi connectivity index (χ0n) is 12.9. The zero-order valence-corrected chi connectivity index (χ0v) is 13.7. The van der Waals surface area contributed by atoms with E-state index >= 15 is 0 Å². The number of hydrogen-bond donors (Lipinski definition) is 2. The lowest BCUT2D eigenvalue weighted by molar-refractivity contribution is 0.277. The number of rotatable bonds is 7. The summed E-state index contributed by atoms with van der Waals surface area (Å²) in [5.74, 6) is 0.945. The van der Waals surface area contributed by atoms with Gasteiger partial charge in [-0.05, 0) is 19.3 Å². The lowest BCUT2D eigenvalue weighted by atomic mass is 10.0. The highest BCUT2D eigenvalue weighted by molar-refractivity contribution is 7.97. The summed E-state index contributed by atoms with van der Waals surface area (Å²) in [6, 6.07) is 0.465. The molecule has 6 heteroatoms. The maximum absolute atomic E-state index is 14.0. The Morgan fingerprint density at radius 3 is 3.14 bits per heavy atom. The summed E-state index contributed by atoms with van der Waals surface area (Å²) in [7, 11) is 1.81. The minimum Gasteiger partial charge on any atom is -0.387 e. The van der Waals surface area contributed by atoms with Crippen LogP contribution in [0.2, 0.25) is 0 Å². The molecule has 1 saturated heterocycles. The van der Waals surface area contributed by atoms with Gasteiger partial charge in [0.25, 0.3) is 0 Å². The Bertz CT molecular complexity index is 444. The maximum Gasteiger partial charge on any atom is 0.146 e. The number of pyridine rings is 1. The molecule has 0 spiro atoms. The first-order valence-corrected chi connectivity index (χ1v) is 8.61. The fourth-order valence-corrected chi connectivity index (χ4v) is 3.64. The fourth-order valence-electron chi connectivity index (χ4n) is 2.61. The quantitative estimate of drug-likeness (QED) is 0.757. The first-order chi connectivity index (χ1) is 10.3. The maximum atomic E-state index is 14.0. The highest BCUT2D eigenvalue weighted by atomic mass is 32.2. The number of anilines is 1. The summed E-state index contributed by atoms with van der Waals surface area (Å²) in [5.41, 5.74) is 1.55. The average molecular weight is 312 g/mol. The molecular weight excluding hydrogens is 287 g/mol. The second-order valence-electron chi connectivity index (χ2n) is 5.27. The zero-order chi connectivity index (χ0) is 15.1. The normalized spacial score (nSPS) is 19.7. The lowest BCUT2D eigenvalue weighted by Gasteiger charge is -2.35. The molecule has 0 bridgehead atoms. The van der Waals surface area contributed by atoms with Crippen molar-refractivity contribution in [1.82, 2.24) is 14.6 Å². The van der Waals surface area contributed by atoms with Gasteiger partial charge in [0, 0.05) is 44.0 Å². The third kappa shape index (κ3) is 4.56. The van der Waals surface area contributed by atoms with Gasteiger partial charge < -0.3 is 10.6 Å². The molecule has 0 saturated carbocycles. The van der Waals surface area contributed by atoms with Crippen LogP contribution in [0.4, 0.5) is 10.1 Å². The van der Waals surface area contributed by atoms with Crippen LogP contribution < -0.4 is 10.6 Å². The van der Waals surface area contributed by atoms with E-state index in [4.69, 9.17) is 0 Å². The molecule has 1 aromatic heterocycles. The van der Waals surface area contributed by atoms with Crippen molar-refractivity contribution in [3.63, 3.8) is 0 Å². The van der Waals surface area contributed by atoms with Gasteiger partial charge in [0.15, 0.2) is 0 Å². The Morgan fingerprint density at radius 2 is 2.38 bits per heavy atom. The van der Waals surface area contributed by atoms with E-state index in [1.165, 1.54) is 12.6 Å². The van der Waals surface area contributed by atoms with Crippen molar-refractivity contribution < 1.29 is 4.39 Å². The molecule has 4 nitrogen and oxygen atoms in total. The highest BCUT2D eigenvalue weighted by Gasteiger charge is 2.23. The van der Waals surface area contributed by atoms with Crippen molar-refractivity contribution in [3.05, 3.63) is 23.8 Å². The van der Waals surface area contributed by atoms with Crippen LogP contribution in [-0.2, 0) is 6.42 Å². The minimum atomic E-state index is -0.210. The molecule has 0 unspecified atom stereocenters. The van der Waals surface area contributed by atoms with Crippen LogP contribution in [0.1, 0.15) is 25.3 Å². The molecule has 118 valence electrons. The van der Waals surface area contributed by atoms with E-state index in [1.807, 2.05) is 19.0 Å². The number of halogens is 1. The smallest absolute Gasteiger partial charge is 0.146 e. The van der Waals surface area contributed by atoms with E-state index in [0.29, 0.717) is 6.04 Å². The molecule has 1 aliphatic heterocycles. The number of piperazine rings is 1. The van der Waals surface area contributed by atoms with Crippen LogP contribution >= 0.6 is 11.9 Å². The van der Waals surface area contributed by atoms with Gasteiger partial charge in [-0.25, -0.2) is 8.70 Å². The van der Waals surface area contributed by atoms with Crippen LogP contribution in [0.5, 0.6) is 0 Å². The molecule has 0 amide bonds. The largest absolute Gasteiger partial charge is 0.387 e. The monoisotopic (exact) mass is 312 g/mol. The Morgan fingerprint density at radius 1 is 1.52 bits per heavy atom. The van der Waals surface area contributed by atoms with Crippen LogP contribution in [0, 0.1) is 5.82 Å². The van der Waals surface area contributed by atoms with Gasteiger partial charge in [0.1, 0.15) is 5.82 Å². The van der Waals surface area contributed by atoms with Crippen LogP contribution in [0.25, 0.3) is 0 Å². The van der Waals surface area contributed by atoms with Crippen molar-refractivity contribution in [2.24, 2.45) is 0 Å². The molecule has 0 aliphatic carbocycles. The van der Waals surface area contributed by atoms with Gasteiger partial charge in [-0.2, -0.15) is 0 Å². The third-order valence-corrected chi connectivity index (χ3v) is 5.16. The standard InChI is InChI=1S/C15H25FN4S/c1-3-8-21-20-7-6-18-9-12(20)4-5-13-14(16)10-19-11-15(13)17-2/h10-12,17-18H,3-9H2,1-2H3/t12-/m0/s1. The molecule has 1 aromatic rings. The minimum absolute atomic E-state index is 0.210. The summed E-state index contributed by atoms with van der Waals surface area (Å²) in [4.78, 5) is 3.90. The Balaban J connectivity index is 1.97. The summed E-state index contributed by atoms with van der Waals surface area (Å²) >= 11 is 1.93. The third-order valence-electron chi connectivity index (χ3n) is 3.76. The van der Waals surface area contributed by atoms with Gasteiger partial charge in [-0.15, -0.1) is 0 Å². The van der Waals surface area contributed by atoms with E-state index in [9.17, 15) is 4.39 Å². The van der Waals surface area contributed by atoms with Gasteiger partial charge >= 0.3 is 0 Å². The van der Waals surface area contributed by atoms with E-state index < -0.39 is 0 Å². The van der Waals surface area contributed by atoms with Gasteiger partial charge in [0.2, 0.25) is 0 Å². The Hall–Kier alpha value is -0.850. The molecule has 1 fully saturated rings. The van der Waals surface area contributed by atoms with E-state index in [-0.39, 0.29) is 5.82 Å². The lowest BCUT2D eigenvalue weighted by Crippen LogP contribution is -2.48. The molecule has 0 radical (unpaired) electrons. The number of nitrogens with zero attached hydrogens (tertiary/aromatic N) is 2. The average Bonchev–Trinajstić information content (AvgIpc) is 2.52. The van der Waals surface area contributed by atoms with Gasteiger partial charge in [0.05, 0.1) is 18.1 Å². The molecule has 2 heterocycles. The summed E-state index contributed by atoms with van der Waals surface area (Å²) in [6.45, 7) is 5.29. The molecule has 2 N–H and O–H groups in total. The summed E-state index contributed by atoms with van der Waals surface area (Å²) in [6.07, 6.45) is 5.88. The van der Waals surface area contributed by atoms with Crippen molar-refractivity contribution in [1.29, 1.82) is 0 Å². The first-order valence-electron chi connectivity index (χ1n) is 7.66. The van der Waals surface area contributed by atoms with Crippen molar-refractivity contribution >= 4 is 17.6 Å². The van der Waals surface area contributed by atoms with E-state index in [1.54, 1.807) is 6.20 Å².